The van der Waals surface area contributed by atoms with E-state index in [1.165, 1.54) is 23.7 Å². The summed E-state index contributed by atoms with van der Waals surface area (Å²) in [6, 6.07) is 7.20. The maximum Gasteiger partial charge on any atom is 0.266 e. The molecule has 3 rings (SSSR count). The van der Waals surface area contributed by atoms with Gasteiger partial charge in [-0.2, -0.15) is 5.10 Å². The van der Waals surface area contributed by atoms with Crippen LogP contribution in [0.3, 0.4) is 0 Å². The topological polar surface area (TPSA) is 114 Å². The zero-order valence-electron chi connectivity index (χ0n) is 10.6. The number of benzene rings is 1. The molecule has 2 aromatic heterocycles. The van der Waals surface area contributed by atoms with E-state index < -0.39 is 10.0 Å². The highest BCUT2D eigenvalue weighted by Gasteiger charge is 2.17. The number of aromatic amines is 1. The molecule has 0 aliphatic carbocycles. The van der Waals surface area contributed by atoms with Gasteiger partial charge in [0.2, 0.25) is 0 Å². The zero-order valence-corrected chi connectivity index (χ0v) is 12.3. The number of hydrogen-bond donors (Lipinski definition) is 3. The van der Waals surface area contributed by atoms with Crippen LogP contribution in [0.2, 0.25) is 0 Å². The number of sulfonamides is 1. The number of thiazole rings is 1. The first kappa shape index (κ1) is 13.6. The summed E-state index contributed by atoms with van der Waals surface area (Å²) in [5.74, 6) is 0. The Labute approximate surface area is 124 Å². The van der Waals surface area contributed by atoms with Crippen LogP contribution in [0.15, 0.2) is 46.9 Å². The Hall–Kier alpha value is -2.39. The molecule has 7 nitrogen and oxygen atoms in total. The summed E-state index contributed by atoms with van der Waals surface area (Å²) in [6.07, 6.45) is 2.54. The van der Waals surface area contributed by atoms with Gasteiger partial charge in [-0.3, -0.25) is 9.82 Å². The van der Waals surface area contributed by atoms with Gasteiger partial charge in [0.15, 0.2) is 5.13 Å². The third-order valence-electron chi connectivity index (χ3n) is 2.72. The average Bonchev–Trinajstić information content (AvgIpc) is 3.10. The normalized spacial score (nSPS) is 11.4. The summed E-state index contributed by atoms with van der Waals surface area (Å²) in [4.78, 5) is 4.32. The van der Waals surface area contributed by atoms with Crippen LogP contribution < -0.4 is 10.5 Å². The predicted octanol–water partition coefficient (Wildman–Crippen LogP) is 1.92. The molecule has 1 aromatic carbocycles. The third-order valence-corrected chi connectivity index (χ3v) is 4.91. The Morgan fingerprint density at radius 3 is 2.67 bits per heavy atom. The summed E-state index contributed by atoms with van der Waals surface area (Å²) in [5, 5.41) is 8.15. The van der Waals surface area contributed by atoms with Gasteiger partial charge in [0, 0.05) is 22.8 Å². The molecule has 2 heterocycles. The van der Waals surface area contributed by atoms with Gasteiger partial charge in [-0.05, 0) is 12.1 Å². The Bertz CT molecular complexity index is 838. The van der Waals surface area contributed by atoms with E-state index in [1.54, 1.807) is 17.5 Å². The molecule has 0 saturated carbocycles. The fraction of sp³-hybridized carbons (Fsp3) is 0. The Morgan fingerprint density at radius 1 is 1.24 bits per heavy atom. The van der Waals surface area contributed by atoms with Crippen molar-refractivity contribution in [1.29, 1.82) is 0 Å². The monoisotopic (exact) mass is 321 g/mol. The lowest BCUT2D eigenvalue weighted by Gasteiger charge is -2.01. The van der Waals surface area contributed by atoms with Crippen molar-refractivity contribution in [3.8, 4) is 11.3 Å². The van der Waals surface area contributed by atoms with Crippen molar-refractivity contribution in [2.24, 2.45) is 0 Å². The standard InChI is InChI=1S/C12H11N5O2S2/c13-9-3-1-8(2-4-9)11-7-20-12(16-11)17-21(18,19)10-5-14-15-6-10/h1-7H,13H2,(H,14,15)(H,16,17). The highest BCUT2D eigenvalue weighted by atomic mass is 32.2. The van der Waals surface area contributed by atoms with Gasteiger partial charge in [0.25, 0.3) is 10.0 Å². The second-order valence-electron chi connectivity index (χ2n) is 4.20. The number of anilines is 2. The van der Waals surface area contributed by atoms with Crippen molar-refractivity contribution in [3.05, 3.63) is 42.0 Å². The minimum atomic E-state index is -3.66. The molecule has 9 heteroatoms. The summed E-state index contributed by atoms with van der Waals surface area (Å²) in [6.45, 7) is 0. The van der Waals surface area contributed by atoms with Crippen molar-refractivity contribution in [2.45, 2.75) is 4.90 Å². The van der Waals surface area contributed by atoms with Crippen LogP contribution in [0.4, 0.5) is 10.8 Å². The second-order valence-corrected chi connectivity index (χ2v) is 6.74. The molecule has 0 spiro atoms. The number of H-pyrrole nitrogens is 1. The maximum atomic E-state index is 12.0. The number of nitrogens with two attached hydrogens (primary N) is 1. The van der Waals surface area contributed by atoms with Crippen molar-refractivity contribution >= 4 is 32.2 Å². The van der Waals surface area contributed by atoms with Gasteiger partial charge < -0.3 is 5.73 Å². The molecule has 21 heavy (non-hydrogen) atoms. The number of aromatic nitrogens is 3. The molecule has 0 amide bonds. The van der Waals surface area contributed by atoms with Gasteiger partial charge in [-0.1, -0.05) is 12.1 Å². The maximum absolute atomic E-state index is 12.0. The van der Waals surface area contributed by atoms with Gasteiger partial charge in [-0.15, -0.1) is 11.3 Å². The van der Waals surface area contributed by atoms with Crippen LogP contribution in [0.25, 0.3) is 11.3 Å². The number of nitrogens with one attached hydrogen (secondary N) is 2. The van der Waals surface area contributed by atoms with Crippen LogP contribution in [0.5, 0.6) is 0 Å². The quantitative estimate of drug-likeness (QED) is 0.635. The van der Waals surface area contributed by atoms with Crippen LogP contribution in [-0.4, -0.2) is 23.6 Å². The van der Waals surface area contributed by atoms with Crippen molar-refractivity contribution < 1.29 is 8.42 Å². The van der Waals surface area contributed by atoms with E-state index in [9.17, 15) is 8.42 Å². The highest BCUT2D eigenvalue weighted by Crippen LogP contribution is 2.26. The van der Waals surface area contributed by atoms with E-state index in [0.29, 0.717) is 16.5 Å². The molecule has 0 radical (unpaired) electrons. The van der Waals surface area contributed by atoms with E-state index >= 15 is 0 Å². The molecule has 3 aromatic rings. The molecule has 4 N–H and O–H groups in total. The summed E-state index contributed by atoms with van der Waals surface area (Å²) in [7, 11) is -3.66. The average molecular weight is 321 g/mol. The van der Waals surface area contributed by atoms with E-state index in [-0.39, 0.29) is 4.90 Å². The molecule has 0 atom stereocenters. The lowest BCUT2D eigenvalue weighted by atomic mass is 10.2. The Balaban J connectivity index is 1.84. The number of rotatable bonds is 4. The second kappa shape index (κ2) is 5.19. The minimum absolute atomic E-state index is 0.0618. The first-order valence-electron chi connectivity index (χ1n) is 5.88. The lowest BCUT2D eigenvalue weighted by Crippen LogP contribution is -2.11. The smallest absolute Gasteiger partial charge is 0.266 e. The molecule has 0 fully saturated rings. The van der Waals surface area contributed by atoms with Gasteiger partial charge in [0.1, 0.15) is 4.90 Å². The molecule has 0 bridgehead atoms. The van der Waals surface area contributed by atoms with Crippen LogP contribution >= 0.6 is 11.3 Å². The molecule has 0 saturated heterocycles. The fourth-order valence-electron chi connectivity index (χ4n) is 1.67. The molecule has 0 aliphatic heterocycles. The van der Waals surface area contributed by atoms with Crippen molar-refractivity contribution in [2.75, 3.05) is 10.5 Å². The van der Waals surface area contributed by atoms with Gasteiger partial charge in [0.05, 0.1) is 11.9 Å². The SMILES string of the molecule is Nc1ccc(-c2csc(NS(=O)(=O)c3cn[nH]c3)n2)cc1. The van der Waals surface area contributed by atoms with Crippen LogP contribution in [0, 0.1) is 0 Å². The van der Waals surface area contributed by atoms with E-state index in [2.05, 4.69) is 19.9 Å². The van der Waals surface area contributed by atoms with Crippen LogP contribution in [0.1, 0.15) is 0 Å². The highest BCUT2D eigenvalue weighted by molar-refractivity contribution is 7.93. The zero-order chi connectivity index (χ0) is 14.9. The molecule has 108 valence electrons. The first-order valence-corrected chi connectivity index (χ1v) is 8.24. The number of nitrogens with zero attached hydrogens (tertiary/aromatic N) is 2. The largest absolute Gasteiger partial charge is 0.399 e. The Morgan fingerprint density at radius 2 is 2.00 bits per heavy atom. The van der Waals surface area contributed by atoms with E-state index in [0.717, 1.165) is 5.56 Å². The van der Waals surface area contributed by atoms with Crippen molar-refractivity contribution in [3.63, 3.8) is 0 Å². The van der Waals surface area contributed by atoms with Crippen molar-refractivity contribution in [1.82, 2.24) is 15.2 Å². The Kier molecular flexibility index (Phi) is 3.35. The van der Waals surface area contributed by atoms with Crippen LogP contribution in [-0.2, 0) is 10.0 Å². The lowest BCUT2D eigenvalue weighted by molar-refractivity contribution is 0.601. The molecular weight excluding hydrogens is 310 g/mol. The predicted molar refractivity (Wildman–Crippen MR) is 81.4 cm³/mol. The minimum Gasteiger partial charge on any atom is -0.399 e. The summed E-state index contributed by atoms with van der Waals surface area (Å²) >= 11 is 1.21. The molecule has 0 unspecified atom stereocenters. The van der Waals surface area contributed by atoms with Gasteiger partial charge >= 0.3 is 0 Å². The van der Waals surface area contributed by atoms with Gasteiger partial charge in [-0.25, -0.2) is 13.4 Å². The first-order chi connectivity index (χ1) is 10.0. The molecular formula is C12H11N5O2S2. The summed E-state index contributed by atoms with van der Waals surface area (Å²) in [5.41, 5.74) is 7.85. The fourth-order valence-corrected chi connectivity index (χ4v) is 3.54. The molecule has 0 aliphatic rings. The number of nitrogen functional groups attached to an aromatic ring is 1. The third kappa shape index (κ3) is 2.88. The summed E-state index contributed by atoms with van der Waals surface area (Å²) < 4.78 is 26.5. The van der Waals surface area contributed by atoms with E-state index in [1.807, 2.05) is 12.1 Å². The number of hydrogen-bond acceptors (Lipinski definition) is 6. The van der Waals surface area contributed by atoms with E-state index in [4.69, 9.17) is 5.73 Å².